The van der Waals surface area contributed by atoms with Crippen LogP contribution >= 0.6 is 11.6 Å². The molecule has 242 valence electrons. The Morgan fingerprint density at radius 3 is 1.40 bits per heavy atom. The Labute approximate surface area is 280 Å². The fourth-order valence-electron chi connectivity index (χ4n) is 5.16. The number of anilines is 1. The van der Waals surface area contributed by atoms with Crippen LogP contribution in [0.5, 0.6) is 11.5 Å². The zero-order chi connectivity index (χ0) is 31.5. The molecular weight excluding hydrogens is 610 g/mol. The highest BCUT2D eigenvalue weighted by Crippen LogP contribution is 2.31. The van der Waals surface area contributed by atoms with E-state index in [0.717, 1.165) is 44.4 Å². The van der Waals surface area contributed by atoms with Crippen molar-refractivity contribution in [3.63, 3.8) is 0 Å². The molecule has 0 radical (unpaired) electrons. The van der Waals surface area contributed by atoms with Crippen molar-refractivity contribution in [3.05, 3.63) is 125 Å². The quantitative estimate of drug-likeness (QED) is 0.174. The first-order valence-corrected chi connectivity index (χ1v) is 15.0. The molecule has 0 saturated carbocycles. The van der Waals surface area contributed by atoms with Crippen LogP contribution < -0.4 is 4.90 Å². The SMILES string of the molecule is C.C.Cc1cc(CCl)c(O)c(-n2nc3ccccc3n2)c1.Cc1cc(CN(C)c2ccccc2)c(O)c(-n2nc3ccccc3n2)c1. The van der Waals surface area contributed by atoms with Gasteiger partial charge < -0.3 is 15.1 Å². The number of alkyl halides is 1. The van der Waals surface area contributed by atoms with Crippen LogP contribution in [0.4, 0.5) is 5.69 Å². The van der Waals surface area contributed by atoms with E-state index in [1.807, 2.05) is 112 Å². The summed E-state index contributed by atoms with van der Waals surface area (Å²) in [7, 11) is 2.01. The van der Waals surface area contributed by atoms with E-state index in [1.54, 1.807) is 0 Å². The molecule has 2 aromatic heterocycles. The van der Waals surface area contributed by atoms with Gasteiger partial charge in [-0.1, -0.05) is 69.5 Å². The van der Waals surface area contributed by atoms with Gasteiger partial charge in [-0.15, -0.1) is 41.6 Å². The third kappa shape index (κ3) is 7.37. The standard InChI is InChI=1S/C21H20N4O.C14H12ClN3O.2CH4/c1-15-12-16(14-24(2)17-8-4-3-5-9-17)21(26)20(13-15)25-22-18-10-6-7-11-19(18)23-25;1-9-6-10(8-15)14(19)13(7-9)18-16-11-4-2-3-5-12(11)17-18;;/h3-13,26H,14H2,1-2H3;2-7,19H,8H2,1H3;2*1H4. The van der Waals surface area contributed by atoms with Gasteiger partial charge in [0.25, 0.3) is 0 Å². The fourth-order valence-corrected chi connectivity index (χ4v) is 5.36. The molecule has 0 aliphatic carbocycles. The van der Waals surface area contributed by atoms with Crippen LogP contribution in [0.2, 0.25) is 0 Å². The Hall–Kier alpha value is -5.41. The van der Waals surface area contributed by atoms with Crippen molar-refractivity contribution in [1.82, 2.24) is 30.0 Å². The first kappa shape index (κ1) is 34.5. The predicted octanol–water partition coefficient (Wildman–Crippen LogP) is 8.52. The van der Waals surface area contributed by atoms with E-state index in [1.165, 1.54) is 9.59 Å². The lowest BCUT2D eigenvalue weighted by Gasteiger charge is -2.21. The Balaban J connectivity index is 0.000000213. The van der Waals surface area contributed by atoms with Gasteiger partial charge in [0.15, 0.2) is 0 Å². The maximum absolute atomic E-state index is 10.9. The van der Waals surface area contributed by atoms with Gasteiger partial charge in [-0.05, 0) is 73.5 Å². The van der Waals surface area contributed by atoms with Gasteiger partial charge in [0.1, 0.15) is 44.9 Å². The monoisotopic (exact) mass is 649 g/mol. The first-order valence-electron chi connectivity index (χ1n) is 14.4. The Morgan fingerprint density at radius 2 is 0.979 bits per heavy atom. The van der Waals surface area contributed by atoms with Crippen LogP contribution in [-0.2, 0) is 12.4 Å². The fraction of sp³-hybridized carbons (Fsp3) is 0.189. The zero-order valence-electron chi connectivity index (χ0n) is 25.1. The van der Waals surface area contributed by atoms with Crippen LogP contribution in [0.1, 0.15) is 37.1 Å². The van der Waals surface area contributed by atoms with Crippen LogP contribution in [0, 0.1) is 13.8 Å². The second-order valence-electron chi connectivity index (χ2n) is 10.9. The number of benzene rings is 5. The predicted molar refractivity (Wildman–Crippen MR) is 192 cm³/mol. The van der Waals surface area contributed by atoms with Gasteiger partial charge in [0.05, 0.1) is 5.88 Å². The molecule has 7 aromatic rings. The summed E-state index contributed by atoms with van der Waals surface area (Å²) in [6.07, 6.45) is 0. The van der Waals surface area contributed by atoms with Gasteiger partial charge >= 0.3 is 0 Å². The number of rotatable bonds is 6. The number of phenols is 2. The molecule has 0 aliphatic heterocycles. The van der Waals surface area contributed by atoms with Crippen molar-refractivity contribution in [1.29, 1.82) is 0 Å². The van der Waals surface area contributed by atoms with Crippen LogP contribution in [0.3, 0.4) is 0 Å². The van der Waals surface area contributed by atoms with E-state index in [2.05, 4.69) is 37.4 Å². The normalized spacial score (nSPS) is 10.6. The van der Waals surface area contributed by atoms with Gasteiger partial charge in [-0.2, -0.15) is 0 Å². The Kier molecular flexibility index (Phi) is 10.8. The van der Waals surface area contributed by atoms with E-state index in [-0.39, 0.29) is 32.2 Å². The summed E-state index contributed by atoms with van der Waals surface area (Å²) in [6.45, 7) is 4.55. The summed E-state index contributed by atoms with van der Waals surface area (Å²) in [4.78, 5) is 5.06. The molecule has 2 N–H and O–H groups in total. The maximum atomic E-state index is 10.9. The van der Waals surface area contributed by atoms with Crippen molar-refractivity contribution in [3.8, 4) is 22.9 Å². The van der Waals surface area contributed by atoms with Crippen molar-refractivity contribution in [2.45, 2.75) is 41.1 Å². The highest BCUT2D eigenvalue weighted by molar-refractivity contribution is 6.17. The Bertz CT molecular complexity index is 2040. The lowest BCUT2D eigenvalue weighted by atomic mass is 10.1. The molecule has 0 fully saturated rings. The number of aryl methyl sites for hydroxylation is 2. The first-order chi connectivity index (χ1) is 21.8. The van der Waals surface area contributed by atoms with Crippen molar-refractivity contribution >= 4 is 39.4 Å². The van der Waals surface area contributed by atoms with Crippen LogP contribution in [-0.4, -0.2) is 47.2 Å². The topological polar surface area (TPSA) is 105 Å². The number of hydrogen-bond acceptors (Lipinski definition) is 7. The van der Waals surface area contributed by atoms with Gasteiger partial charge in [-0.25, -0.2) is 0 Å². The van der Waals surface area contributed by atoms with E-state index in [0.29, 0.717) is 23.5 Å². The number of aromatic hydroxyl groups is 2. The van der Waals surface area contributed by atoms with E-state index in [4.69, 9.17) is 11.6 Å². The molecule has 0 aliphatic rings. The van der Waals surface area contributed by atoms with Crippen molar-refractivity contribution in [2.24, 2.45) is 0 Å². The number of halogens is 1. The Morgan fingerprint density at radius 1 is 0.596 bits per heavy atom. The largest absolute Gasteiger partial charge is 0.505 e. The van der Waals surface area contributed by atoms with E-state index in [9.17, 15) is 10.2 Å². The molecule has 47 heavy (non-hydrogen) atoms. The number of aromatic nitrogens is 6. The average Bonchev–Trinajstić information content (AvgIpc) is 3.69. The lowest BCUT2D eigenvalue weighted by molar-refractivity contribution is 0.460. The van der Waals surface area contributed by atoms with E-state index < -0.39 is 0 Å². The number of nitrogens with zero attached hydrogens (tertiary/aromatic N) is 7. The lowest BCUT2D eigenvalue weighted by Crippen LogP contribution is -2.17. The minimum atomic E-state index is 0. The summed E-state index contributed by atoms with van der Waals surface area (Å²) in [6, 6.07) is 33.0. The number of fused-ring (bicyclic) bond motifs is 2. The van der Waals surface area contributed by atoms with Crippen LogP contribution in [0.25, 0.3) is 33.4 Å². The molecule has 7 rings (SSSR count). The number of phenolic OH excluding ortho intramolecular Hbond substituents is 2. The molecule has 0 saturated heterocycles. The third-order valence-corrected chi connectivity index (χ3v) is 7.67. The van der Waals surface area contributed by atoms with Crippen molar-refractivity contribution < 1.29 is 10.2 Å². The highest BCUT2D eigenvalue weighted by Gasteiger charge is 2.16. The van der Waals surface area contributed by atoms with Crippen LogP contribution in [0.15, 0.2) is 103 Å². The molecule has 5 aromatic carbocycles. The van der Waals surface area contributed by atoms with E-state index >= 15 is 0 Å². The summed E-state index contributed by atoms with van der Waals surface area (Å²) in [5.74, 6) is 0.584. The molecule has 2 heterocycles. The maximum Gasteiger partial charge on any atom is 0.148 e. The zero-order valence-corrected chi connectivity index (χ0v) is 25.9. The molecule has 0 amide bonds. The smallest absolute Gasteiger partial charge is 0.148 e. The highest BCUT2D eigenvalue weighted by atomic mass is 35.5. The summed E-state index contributed by atoms with van der Waals surface area (Å²) in [5.41, 5.74) is 8.99. The molecule has 10 heteroatoms. The minimum Gasteiger partial charge on any atom is -0.505 e. The number of para-hydroxylation sites is 1. The molecular formula is C37H40ClN7O2. The average molecular weight is 650 g/mol. The van der Waals surface area contributed by atoms with Gasteiger partial charge in [0, 0.05) is 30.4 Å². The van der Waals surface area contributed by atoms with Gasteiger partial charge in [0.2, 0.25) is 0 Å². The second-order valence-corrected chi connectivity index (χ2v) is 11.1. The third-order valence-electron chi connectivity index (χ3n) is 7.38. The summed E-state index contributed by atoms with van der Waals surface area (Å²) < 4.78 is 0. The summed E-state index contributed by atoms with van der Waals surface area (Å²) in [5, 5.41) is 38.8. The molecule has 0 spiro atoms. The minimum absolute atomic E-state index is 0. The molecule has 0 bridgehead atoms. The summed E-state index contributed by atoms with van der Waals surface area (Å²) >= 11 is 5.83. The second kappa shape index (κ2) is 14.8. The number of hydrogen-bond donors (Lipinski definition) is 2. The molecule has 9 nitrogen and oxygen atoms in total. The molecule has 0 atom stereocenters. The van der Waals surface area contributed by atoms with Gasteiger partial charge in [-0.3, -0.25) is 0 Å². The van der Waals surface area contributed by atoms with Crippen molar-refractivity contribution in [2.75, 3.05) is 11.9 Å². The molecule has 0 unspecified atom stereocenters.